The number of halogens is 1. The Morgan fingerprint density at radius 3 is 2.96 bits per heavy atom. The van der Waals surface area contributed by atoms with Crippen molar-refractivity contribution in [2.45, 2.75) is 25.9 Å². The molecule has 0 N–H and O–H groups in total. The van der Waals surface area contributed by atoms with Gasteiger partial charge in [-0.15, -0.1) is 0 Å². The number of aliphatic imine (C=N–C) groups is 1. The number of ether oxygens (including phenoxy) is 1. The van der Waals surface area contributed by atoms with Crippen molar-refractivity contribution >= 4 is 17.4 Å². The number of rotatable bonds is 3. The van der Waals surface area contributed by atoms with Crippen LogP contribution in [0.4, 0.5) is 4.39 Å². The first-order valence-electron chi connectivity index (χ1n) is 9.56. The highest BCUT2D eigenvalue weighted by Crippen LogP contribution is 2.45. The summed E-state index contributed by atoms with van der Waals surface area (Å²) in [5, 5.41) is 0. The molecule has 2 aromatic rings. The molecule has 0 spiro atoms. The molecule has 1 saturated carbocycles. The van der Waals surface area contributed by atoms with Gasteiger partial charge in [-0.25, -0.2) is 9.37 Å². The molecule has 1 amide bonds. The summed E-state index contributed by atoms with van der Waals surface area (Å²) in [7, 11) is 1.63. The van der Waals surface area contributed by atoms with E-state index in [0.717, 1.165) is 46.8 Å². The maximum atomic E-state index is 13.8. The summed E-state index contributed by atoms with van der Waals surface area (Å²) in [6.07, 6.45) is 6.41. The van der Waals surface area contributed by atoms with Gasteiger partial charge < -0.3 is 9.64 Å². The van der Waals surface area contributed by atoms with Crippen molar-refractivity contribution in [1.82, 2.24) is 14.5 Å². The van der Waals surface area contributed by atoms with E-state index < -0.39 is 0 Å². The maximum Gasteiger partial charge on any atom is 0.248 e. The quantitative estimate of drug-likeness (QED) is 0.823. The Morgan fingerprint density at radius 2 is 2.18 bits per heavy atom. The number of amides is 1. The van der Waals surface area contributed by atoms with Crippen LogP contribution in [-0.4, -0.2) is 46.4 Å². The zero-order valence-electron chi connectivity index (χ0n) is 15.7. The van der Waals surface area contributed by atoms with Crippen LogP contribution in [0.3, 0.4) is 0 Å². The van der Waals surface area contributed by atoms with E-state index in [1.165, 1.54) is 6.07 Å². The minimum Gasteiger partial charge on any atom is -0.378 e. The average Bonchev–Trinajstić information content (AvgIpc) is 3.44. The normalized spacial score (nSPS) is 19.3. The first kappa shape index (κ1) is 17.3. The molecule has 144 valence electrons. The number of benzene rings is 1. The summed E-state index contributed by atoms with van der Waals surface area (Å²) in [4.78, 5) is 23.8. The van der Waals surface area contributed by atoms with Crippen molar-refractivity contribution in [3.05, 3.63) is 58.9 Å². The average molecular weight is 380 g/mol. The molecule has 0 unspecified atom stereocenters. The van der Waals surface area contributed by atoms with Crippen LogP contribution in [0.5, 0.6) is 0 Å². The van der Waals surface area contributed by atoms with E-state index in [1.807, 2.05) is 15.7 Å². The smallest absolute Gasteiger partial charge is 0.248 e. The molecule has 1 fully saturated rings. The second-order valence-electron chi connectivity index (χ2n) is 7.48. The van der Waals surface area contributed by atoms with Crippen LogP contribution in [0.2, 0.25) is 0 Å². The first-order chi connectivity index (χ1) is 13.7. The number of carbonyl (C=O) groups excluding carboxylic acids is 1. The van der Waals surface area contributed by atoms with Gasteiger partial charge in [0.05, 0.1) is 18.0 Å². The van der Waals surface area contributed by atoms with E-state index >= 15 is 0 Å². The third-order valence-corrected chi connectivity index (χ3v) is 5.52. The van der Waals surface area contributed by atoms with Gasteiger partial charge in [0.2, 0.25) is 5.91 Å². The number of nitrogens with zero attached hydrogens (tertiary/aromatic N) is 4. The summed E-state index contributed by atoms with van der Waals surface area (Å²) in [5.74, 6) is 0.857. The molecule has 3 heterocycles. The van der Waals surface area contributed by atoms with Gasteiger partial charge in [0.25, 0.3) is 0 Å². The first-order valence-corrected chi connectivity index (χ1v) is 9.56. The lowest BCUT2D eigenvalue weighted by atomic mass is 9.91. The second-order valence-corrected chi connectivity index (χ2v) is 7.48. The topological polar surface area (TPSA) is 59.7 Å². The molecule has 6 nitrogen and oxygen atoms in total. The van der Waals surface area contributed by atoms with E-state index in [9.17, 15) is 9.18 Å². The Kier molecular flexibility index (Phi) is 4.12. The Bertz CT molecular complexity index is 1020. The lowest BCUT2D eigenvalue weighted by Crippen LogP contribution is -2.36. The molecular formula is C21H21FN4O2. The fourth-order valence-electron chi connectivity index (χ4n) is 4.12. The van der Waals surface area contributed by atoms with Gasteiger partial charge >= 0.3 is 0 Å². The molecule has 0 saturated heterocycles. The Labute approximate surface area is 162 Å². The summed E-state index contributed by atoms with van der Waals surface area (Å²) in [5.41, 5.74) is 4.66. The van der Waals surface area contributed by atoms with Gasteiger partial charge in [-0.2, -0.15) is 0 Å². The molecule has 0 bridgehead atoms. The Morgan fingerprint density at radius 1 is 1.32 bits per heavy atom. The maximum absolute atomic E-state index is 13.8. The third kappa shape index (κ3) is 2.86. The van der Waals surface area contributed by atoms with Crippen LogP contribution < -0.4 is 0 Å². The molecule has 3 aliphatic rings. The minimum atomic E-state index is -0.242. The van der Waals surface area contributed by atoms with Crippen LogP contribution in [0.25, 0.3) is 5.70 Å². The van der Waals surface area contributed by atoms with Crippen molar-refractivity contribution in [1.29, 1.82) is 0 Å². The molecule has 7 heteroatoms. The summed E-state index contributed by atoms with van der Waals surface area (Å²) >= 11 is 0. The van der Waals surface area contributed by atoms with Gasteiger partial charge in [0.15, 0.2) is 0 Å². The van der Waals surface area contributed by atoms with Crippen molar-refractivity contribution in [2.24, 2.45) is 10.9 Å². The Hall–Kier alpha value is -2.80. The molecule has 5 rings (SSSR count). The zero-order valence-corrected chi connectivity index (χ0v) is 15.7. The number of aromatic nitrogens is 2. The molecular weight excluding hydrogens is 359 g/mol. The van der Waals surface area contributed by atoms with Gasteiger partial charge in [-0.3, -0.25) is 14.4 Å². The van der Waals surface area contributed by atoms with Crippen molar-refractivity contribution < 1.29 is 13.9 Å². The standard InChI is InChI=1S/C21H21FN4O2/c1-28-11-16-10-25(12-24-16)21-19(13-2-3-13)20-17-5-4-15(22)8-14(17)6-7-26(20)18(27)9-23-21/h4-5,8,10,12-13H,2-3,6-7,9,11H2,1H3. The van der Waals surface area contributed by atoms with E-state index in [0.29, 0.717) is 25.5 Å². The summed E-state index contributed by atoms with van der Waals surface area (Å²) < 4.78 is 20.9. The Balaban J connectivity index is 1.71. The number of hydrogen-bond acceptors (Lipinski definition) is 4. The largest absolute Gasteiger partial charge is 0.378 e. The van der Waals surface area contributed by atoms with E-state index in [1.54, 1.807) is 25.6 Å². The molecule has 0 radical (unpaired) electrons. The molecule has 28 heavy (non-hydrogen) atoms. The lowest BCUT2D eigenvalue weighted by Gasteiger charge is -2.32. The van der Waals surface area contributed by atoms with E-state index in [4.69, 9.17) is 4.74 Å². The van der Waals surface area contributed by atoms with Crippen LogP contribution in [0.1, 0.15) is 29.7 Å². The predicted molar refractivity (Wildman–Crippen MR) is 102 cm³/mol. The van der Waals surface area contributed by atoms with Crippen molar-refractivity contribution in [3.8, 4) is 0 Å². The van der Waals surface area contributed by atoms with Gasteiger partial charge in [0, 0.05) is 31.0 Å². The van der Waals surface area contributed by atoms with E-state index in [2.05, 4.69) is 9.98 Å². The molecule has 1 aromatic carbocycles. The van der Waals surface area contributed by atoms with Crippen LogP contribution in [0.15, 0.2) is 41.3 Å². The van der Waals surface area contributed by atoms with Crippen LogP contribution in [-0.2, 0) is 22.6 Å². The van der Waals surface area contributed by atoms with Gasteiger partial charge in [0.1, 0.15) is 24.5 Å². The van der Waals surface area contributed by atoms with Gasteiger partial charge in [-0.05, 0) is 48.9 Å². The number of imidazole rings is 1. The van der Waals surface area contributed by atoms with E-state index in [-0.39, 0.29) is 18.3 Å². The van der Waals surface area contributed by atoms with Crippen molar-refractivity contribution in [3.63, 3.8) is 0 Å². The monoisotopic (exact) mass is 380 g/mol. The molecule has 1 aliphatic carbocycles. The predicted octanol–water partition coefficient (Wildman–Crippen LogP) is 2.63. The van der Waals surface area contributed by atoms with Crippen LogP contribution >= 0.6 is 0 Å². The molecule has 1 aromatic heterocycles. The highest BCUT2D eigenvalue weighted by Gasteiger charge is 2.39. The SMILES string of the molecule is COCc1cn(C2=NCC(=O)N3CCc4cc(F)ccc4C3=C2C2CC2)cn1. The number of allylic oxidation sites excluding steroid dienone is 1. The fraction of sp³-hybridized carbons (Fsp3) is 0.381. The zero-order chi connectivity index (χ0) is 19.3. The lowest BCUT2D eigenvalue weighted by molar-refractivity contribution is -0.126. The minimum absolute atomic E-state index is 0.0182. The summed E-state index contributed by atoms with van der Waals surface area (Å²) in [6, 6.07) is 4.86. The number of hydrogen-bond donors (Lipinski definition) is 0. The summed E-state index contributed by atoms with van der Waals surface area (Å²) in [6.45, 7) is 1.08. The highest BCUT2D eigenvalue weighted by molar-refractivity contribution is 6.11. The highest BCUT2D eigenvalue weighted by atomic mass is 19.1. The second kappa shape index (κ2) is 6.67. The number of carbonyl (C=O) groups is 1. The van der Waals surface area contributed by atoms with Crippen LogP contribution in [0, 0.1) is 11.7 Å². The fourth-order valence-corrected chi connectivity index (χ4v) is 4.12. The third-order valence-electron chi connectivity index (χ3n) is 5.52. The van der Waals surface area contributed by atoms with Crippen molar-refractivity contribution in [2.75, 3.05) is 20.2 Å². The molecule has 0 atom stereocenters. The van der Waals surface area contributed by atoms with Gasteiger partial charge in [-0.1, -0.05) is 0 Å². The number of methoxy groups -OCH3 is 1. The molecule has 2 aliphatic heterocycles. The number of fused-ring (bicyclic) bond motifs is 3.